The Hall–Kier alpha value is -3.35. The van der Waals surface area contributed by atoms with Crippen molar-refractivity contribution in [2.75, 3.05) is 17.1 Å². The number of ether oxygens (including phenoxy) is 1. The molecule has 2 amide bonds. The van der Waals surface area contributed by atoms with Gasteiger partial charge in [0, 0.05) is 5.02 Å². The highest BCUT2D eigenvalue weighted by molar-refractivity contribution is 6.31. The third kappa shape index (κ3) is 3.24. The molecule has 6 nitrogen and oxygen atoms in total. The number of hydrogen-bond acceptors (Lipinski definition) is 5. The maximum absolute atomic E-state index is 13.5. The van der Waals surface area contributed by atoms with Crippen molar-refractivity contribution < 1.29 is 19.2 Å². The second-order valence-corrected chi connectivity index (χ2v) is 7.86. The summed E-state index contributed by atoms with van der Waals surface area (Å²) in [7, 11) is 1.60. The molecule has 156 valence electrons. The van der Waals surface area contributed by atoms with E-state index in [0.29, 0.717) is 16.5 Å². The Labute approximate surface area is 184 Å². The van der Waals surface area contributed by atoms with E-state index in [-0.39, 0.29) is 11.8 Å². The number of fused-ring (bicyclic) bond motifs is 1. The predicted octanol–water partition coefficient (Wildman–Crippen LogP) is 4.40. The largest absolute Gasteiger partial charge is 0.497 e. The van der Waals surface area contributed by atoms with E-state index in [1.807, 2.05) is 54.6 Å². The summed E-state index contributed by atoms with van der Waals surface area (Å²) in [4.78, 5) is 34.1. The van der Waals surface area contributed by atoms with E-state index >= 15 is 0 Å². The van der Waals surface area contributed by atoms with Crippen molar-refractivity contribution >= 4 is 34.8 Å². The van der Waals surface area contributed by atoms with Crippen LogP contribution in [-0.2, 0) is 14.4 Å². The summed E-state index contributed by atoms with van der Waals surface area (Å²) in [6, 6.07) is 23.1. The molecule has 0 N–H and O–H groups in total. The third-order valence-corrected chi connectivity index (χ3v) is 5.92. The number of benzene rings is 3. The molecule has 3 aromatic rings. The van der Waals surface area contributed by atoms with Crippen molar-refractivity contribution in [2.45, 2.75) is 12.1 Å². The van der Waals surface area contributed by atoms with Gasteiger partial charge < -0.3 is 4.74 Å². The van der Waals surface area contributed by atoms with Crippen LogP contribution in [0.1, 0.15) is 11.6 Å². The van der Waals surface area contributed by atoms with Gasteiger partial charge in [-0.3, -0.25) is 14.4 Å². The van der Waals surface area contributed by atoms with Gasteiger partial charge in [-0.05, 0) is 54.1 Å². The number of carbonyl (C=O) groups excluding carboxylic acids is 2. The second kappa shape index (κ2) is 7.72. The Morgan fingerprint density at radius 3 is 2.13 bits per heavy atom. The molecule has 7 heteroatoms. The van der Waals surface area contributed by atoms with Gasteiger partial charge >= 0.3 is 0 Å². The van der Waals surface area contributed by atoms with Gasteiger partial charge in [0.2, 0.25) is 5.91 Å². The van der Waals surface area contributed by atoms with Gasteiger partial charge in [0.05, 0.1) is 24.5 Å². The number of amides is 2. The highest BCUT2D eigenvalue weighted by Gasteiger charge is 2.60. The number of methoxy groups -OCH3 is 1. The number of imide groups is 1. The molecule has 0 aliphatic carbocycles. The summed E-state index contributed by atoms with van der Waals surface area (Å²) in [6.07, 6.45) is -0.907. The molecule has 2 saturated heterocycles. The van der Waals surface area contributed by atoms with Gasteiger partial charge in [-0.25, -0.2) is 9.96 Å². The molecule has 2 heterocycles. The first-order valence-electron chi connectivity index (χ1n) is 9.87. The fourth-order valence-electron chi connectivity index (χ4n) is 4.20. The lowest BCUT2D eigenvalue weighted by molar-refractivity contribution is -0.126. The average Bonchev–Trinajstić information content (AvgIpc) is 3.31. The standard InChI is InChI=1S/C24H19ClN2O4/c1-30-19-13-11-18(12-14-19)27-21(15-5-3-2-4-6-15)20-22(31-27)24(29)26(23(20)28)17-9-7-16(25)8-10-17/h2-14,20-22H,1H3/t20-,21-,22-/m1/s1. The van der Waals surface area contributed by atoms with Crippen LogP contribution < -0.4 is 14.7 Å². The van der Waals surface area contributed by atoms with E-state index in [2.05, 4.69) is 0 Å². The lowest BCUT2D eigenvalue weighted by Gasteiger charge is -2.28. The monoisotopic (exact) mass is 434 g/mol. The smallest absolute Gasteiger partial charge is 0.266 e. The van der Waals surface area contributed by atoms with Crippen molar-refractivity contribution in [2.24, 2.45) is 5.92 Å². The molecule has 0 bridgehead atoms. The van der Waals surface area contributed by atoms with Gasteiger partial charge in [0.25, 0.3) is 5.91 Å². The van der Waals surface area contributed by atoms with Crippen LogP contribution in [0.5, 0.6) is 5.75 Å². The summed E-state index contributed by atoms with van der Waals surface area (Å²) < 4.78 is 5.24. The third-order valence-electron chi connectivity index (χ3n) is 5.67. The van der Waals surface area contributed by atoms with Crippen molar-refractivity contribution in [3.8, 4) is 5.75 Å². The first kappa shape index (κ1) is 19.6. The van der Waals surface area contributed by atoms with Crippen molar-refractivity contribution in [3.63, 3.8) is 0 Å². The SMILES string of the molecule is COc1ccc(N2O[C@H]3C(=O)N(c4ccc(Cl)cc4)C(=O)[C@@H]3[C@H]2c2ccccc2)cc1. The number of carbonyl (C=O) groups is 2. The molecule has 0 spiro atoms. The van der Waals surface area contributed by atoms with Crippen LogP contribution in [0, 0.1) is 5.92 Å². The van der Waals surface area contributed by atoms with E-state index in [1.165, 1.54) is 4.90 Å². The first-order chi connectivity index (χ1) is 15.1. The highest BCUT2D eigenvalue weighted by Crippen LogP contribution is 2.47. The van der Waals surface area contributed by atoms with Crippen LogP contribution in [-0.4, -0.2) is 25.0 Å². The molecule has 3 atom stereocenters. The maximum atomic E-state index is 13.5. The minimum absolute atomic E-state index is 0.290. The summed E-state index contributed by atoms with van der Waals surface area (Å²) >= 11 is 5.97. The first-order valence-corrected chi connectivity index (χ1v) is 10.2. The molecule has 3 aromatic carbocycles. The summed E-state index contributed by atoms with van der Waals surface area (Å²) in [5.41, 5.74) is 2.12. The van der Waals surface area contributed by atoms with E-state index < -0.39 is 18.1 Å². The molecular weight excluding hydrogens is 416 g/mol. The van der Waals surface area contributed by atoms with Crippen molar-refractivity contribution in [3.05, 3.63) is 89.4 Å². The Morgan fingerprint density at radius 1 is 0.839 bits per heavy atom. The molecule has 5 rings (SSSR count). The zero-order chi connectivity index (χ0) is 21.5. The summed E-state index contributed by atoms with van der Waals surface area (Å²) in [5, 5.41) is 2.20. The number of hydroxylamine groups is 1. The summed E-state index contributed by atoms with van der Waals surface area (Å²) in [5.74, 6) is -0.635. The number of nitrogens with zero attached hydrogens (tertiary/aromatic N) is 2. The minimum Gasteiger partial charge on any atom is -0.497 e. The molecule has 0 radical (unpaired) electrons. The van der Waals surface area contributed by atoms with E-state index in [0.717, 1.165) is 11.3 Å². The van der Waals surface area contributed by atoms with Crippen molar-refractivity contribution in [1.29, 1.82) is 0 Å². The van der Waals surface area contributed by atoms with Gasteiger partial charge in [-0.1, -0.05) is 41.9 Å². The van der Waals surface area contributed by atoms with Gasteiger partial charge in [-0.2, -0.15) is 0 Å². The van der Waals surface area contributed by atoms with Crippen LogP contribution >= 0.6 is 11.6 Å². The Morgan fingerprint density at radius 2 is 1.48 bits per heavy atom. The normalized spacial score (nSPS) is 22.7. The number of rotatable bonds is 4. The van der Waals surface area contributed by atoms with Gasteiger partial charge in [0.15, 0.2) is 6.10 Å². The molecule has 2 aliphatic rings. The molecular formula is C24H19ClN2O4. The lowest BCUT2D eigenvalue weighted by Crippen LogP contribution is -2.37. The Bertz CT molecular complexity index is 1120. The number of anilines is 2. The molecule has 2 aliphatic heterocycles. The zero-order valence-electron chi connectivity index (χ0n) is 16.6. The number of hydrogen-bond donors (Lipinski definition) is 0. The predicted molar refractivity (Wildman–Crippen MR) is 117 cm³/mol. The topological polar surface area (TPSA) is 59.1 Å². The molecule has 0 unspecified atom stereocenters. The average molecular weight is 435 g/mol. The van der Waals surface area contributed by atoms with Crippen LogP contribution in [0.25, 0.3) is 0 Å². The molecule has 31 heavy (non-hydrogen) atoms. The van der Waals surface area contributed by atoms with Crippen LogP contribution in [0.15, 0.2) is 78.9 Å². The highest BCUT2D eigenvalue weighted by atomic mass is 35.5. The maximum Gasteiger partial charge on any atom is 0.266 e. The number of halogens is 1. The van der Waals surface area contributed by atoms with Crippen LogP contribution in [0.4, 0.5) is 11.4 Å². The Balaban J connectivity index is 1.55. The van der Waals surface area contributed by atoms with E-state index in [4.69, 9.17) is 21.2 Å². The molecule has 2 fully saturated rings. The fourth-order valence-corrected chi connectivity index (χ4v) is 4.33. The second-order valence-electron chi connectivity index (χ2n) is 7.42. The van der Waals surface area contributed by atoms with Crippen LogP contribution in [0.3, 0.4) is 0 Å². The van der Waals surface area contributed by atoms with Gasteiger partial charge in [-0.15, -0.1) is 0 Å². The van der Waals surface area contributed by atoms with E-state index in [1.54, 1.807) is 36.4 Å². The fraction of sp³-hybridized carbons (Fsp3) is 0.167. The summed E-state index contributed by atoms with van der Waals surface area (Å²) in [6.45, 7) is 0. The van der Waals surface area contributed by atoms with E-state index in [9.17, 15) is 9.59 Å². The zero-order valence-corrected chi connectivity index (χ0v) is 17.4. The Kier molecular flexibility index (Phi) is 4.88. The minimum atomic E-state index is -0.907. The molecule has 0 saturated carbocycles. The van der Waals surface area contributed by atoms with Crippen LogP contribution in [0.2, 0.25) is 5.02 Å². The lowest BCUT2D eigenvalue weighted by atomic mass is 9.90. The van der Waals surface area contributed by atoms with Crippen molar-refractivity contribution in [1.82, 2.24) is 0 Å². The molecule has 0 aromatic heterocycles. The quantitative estimate of drug-likeness (QED) is 0.570. The van der Waals surface area contributed by atoms with Gasteiger partial charge in [0.1, 0.15) is 11.7 Å².